The number of carbonyl (C=O) groups is 3. The van der Waals surface area contributed by atoms with Crippen molar-refractivity contribution >= 4 is 23.5 Å². The van der Waals surface area contributed by atoms with Crippen molar-refractivity contribution in [3.05, 3.63) is 29.1 Å². The average Bonchev–Trinajstić information content (AvgIpc) is 2.82. The highest BCUT2D eigenvalue weighted by atomic mass is 19.1. The van der Waals surface area contributed by atoms with Crippen molar-refractivity contribution in [3.8, 4) is 0 Å². The number of nitrogens with one attached hydrogen (secondary N) is 3. The van der Waals surface area contributed by atoms with E-state index >= 15 is 0 Å². The predicted octanol–water partition coefficient (Wildman–Crippen LogP) is 0.765. The molecule has 1 aliphatic carbocycles. The SMILES string of the molecule is CC(=O)Nc1cc2c(cc1F)C1(CC2)NC(=O)NC1=O. The molecule has 20 heavy (non-hydrogen) atoms. The van der Waals surface area contributed by atoms with Crippen molar-refractivity contribution < 1.29 is 18.8 Å². The van der Waals surface area contributed by atoms with Crippen LogP contribution in [-0.4, -0.2) is 17.8 Å². The molecule has 104 valence electrons. The van der Waals surface area contributed by atoms with Gasteiger partial charge in [-0.25, -0.2) is 9.18 Å². The monoisotopic (exact) mass is 277 g/mol. The molecule has 1 fully saturated rings. The highest BCUT2D eigenvalue weighted by molar-refractivity contribution is 6.08. The fourth-order valence-electron chi connectivity index (χ4n) is 2.82. The number of fused-ring (bicyclic) bond motifs is 2. The number of imide groups is 1. The lowest BCUT2D eigenvalue weighted by Gasteiger charge is -2.21. The van der Waals surface area contributed by atoms with E-state index in [4.69, 9.17) is 0 Å². The molecule has 1 aliphatic heterocycles. The molecule has 1 aromatic carbocycles. The number of hydrogen-bond acceptors (Lipinski definition) is 3. The summed E-state index contributed by atoms with van der Waals surface area (Å²) in [6.07, 6.45) is 0.902. The molecule has 0 bridgehead atoms. The van der Waals surface area contributed by atoms with E-state index in [0.717, 1.165) is 5.56 Å². The van der Waals surface area contributed by atoms with E-state index in [0.29, 0.717) is 18.4 Å². The molecule has 1 saturated heterocycles. The zero-order chi connectivity index (χ0) is 14.5. The number of aryl methyl sites for hydroxylation is 1. The van der Waals surface area contributed by atoms with Gasteiger partial charge in [0.1, 0.15) is 11.4 Å². The Morgan fingerprint density at radius 3 is 2.75 bits per heavy atom. The first kappa shape index (κ1) is 12.6. The van der Waals surface area contributed by atoms with Gasteiger partial charge < -0.3 is 10.6 Å². The second-order valence-corrected chi connectivity index (χ2v) is 4.98. The minimum atomic E-state index is -1.18. The quantitative estimate of drug-likeness (QED) is 0.662. The summed E-state index contributed by atoms with van der Waals surface area (Å²) < 4.78 is 14.0. The summed E-state index contributed by atoms with van der Waals surface area (Å²) in [5.74, 6) is -1.47. The third-order valence-corrected chi connectivity index (χ3v) is 3.67. The smallest absolute Gasteiger partial charge is 0.322 e. The second kappa shape index (κ2) is 4.03. The Kier molecular flexibility index (Phi) is 2.53. The fourth-order valence-corrected chi connectivity index (χ4v) is 2.82. The summed E-state index contributed by atoms with van der Waals surface area (Å²) in [7, 11) is 0. The van der Waals surface area contributed by atoms with Gasteiger partial charge in [-0.15, -0.1) is 0 Å². The zero-order valence-electron chi connectivity index (χ0n) is 10.7. The normalized spacial score (nSPS) is 23.5. The van der Waals surface area contributed by atoms with Crippen molar-refractivity contribution in [1.29, 1.82) is 0 Å². The van der Waals surface area contributed by atoms with Gasteiger partial charge in [0.05, 0.1) is 5.69 Å². The summed E-state index contributed by atoms with van der Waals surface area (Å²) in [4.78, 5) is 34.3. The summed E-state index contributed by atoms with van der Waals surface area (Å²) in [5.41, 5.74) is 0.0973. The van der Waals surface area contributed by atoms with Gasteiger partial charge in [0.25, 0.3) is 5.91 Å². The molecule has 1 heterocycles. The Hall–Kier alpha value is -2.44. The van der Waals surface area contributed by atoms with Crippen LogP contribution < -0.4 is 16.0 Å². The molecule has 0 saturated carbocycles. The van der Waals surface area contributed by atoms with Crippen LogP contribution in [-0.2, 0) is 21.5 Å². The molecule has 1 aromatic rings. The van der Waals surface area contributed by atoms with Crippen LogP contribution >= 0.6 is 0 Å². The van der Waals surface area contributed by atoms with E-state index in [1.807, 2.05) is 0 Å². The molecule has 2 aliphatic rings. The third-order valence-electron chi connectivity index (χ3n) is 3.67. The van der Waals surface area contributed by atoms with E-state index in [2.05, 4.69) is 16.0 Å². The summed E-state index contributed by atoms with van der Waals surface area (Å²) in [6, 6.07) is 2.14. The van der Waals surface area contributed by atoms with Gasteiger partial charge >= 0.3 is 6.03 Å². The van der Waals surface area contributed by atoms with Crippen LogP contribution in [0.25, 0.3) is 0 Å². The zero-order valence-corrected chi connectivity index (χ0v) is 10.7. The predicted molar refractivity (Wildman–Crippen MR) is 67.4 cm³/mol. The molecule has 1 atom stereocenters. The topological polar surface area (TPSA) is 87.3 Å². The lowest BCUT2D eigenvalue weighted by Crippen LogP contribution is -2.41. The van der Waals surface area contributed by atoms with Crippen molar-refractivity contribution in [2.24, 2.45) is 0 Å². The van der Waals surface area contributed by atoms with Crippen LogP contribution in [0.3, 0.4) is 0 Å². The molecule has 1 unspecified atom stereocenters. The van der Waals surface area contributed by atoms with Gasteiger partial charge in [-0.05, 0) is 36.1 Å². The molecule has 3 N–H and O–H groups in total. The van der Waals surface area contributed by atoms with Crippen LogP contribution in [0, 0.1) is 5.82 Å². The number of anilines is 1. The molecule has 0 aromatic heterocycles. The number of halogens is 1. The van der Waals surface area contributed by atoms with Gasteiger partial charge in [-0.2, -0.15) is 0 Å². The first-order valence-electron chi connectivity index (χ1n) is 6.16. The second-order valence-electron chi connectivity index (χ2n) is 4.98. The van der Waals surface area contributed by atoms with Crippen LogP contribution in [0.2, 0.25) is 0 Å². The first-order valence-corrected chi connectivity index (χ1v) is 6.16. The number of amides is 4. The van der Waals surface area contributed by atoms with Gasteiger partial charge in [0.2, 0.25) is 5.91 Å². The Morgan fingerprint density at radius 2 is 2.15 bits per heavy atom. The summed E-state index contributed by atoms with van der Waals surface area (Å²) in [6.45, 7) is 1.29. The highest BCUT2D eigenvalue weighted by Crippen LogP contribution is 2.40. The number of benzene rings is 1. The summed E-state index contributed by atoms with van der Waals surface area (Å²) in [5, 5.41) is 7.14. The molecule has 0 radical (unpaired) electrons. The number of carbonyl (C=O) groups excluding carboxylic acids is 3. The molecule has 3 rings (SSSR count). The van der Waals surface area contributed by atoms with Crippen molar-refractivity contribution in [2.45, 2.75) is 25.3 Å². The average molecular weight is 277 g/mol. The van der Waals surface area contributed by atoms with Crippen LogP contribution in [0.5, 0.6) is 0 Å². The lowest BCUT2D eigenvalue weighted by molar-refractivity contribution is -0.124. The standard InChI is InChI=1S/C13H12FN3O3/c1-6(18)15-10-4-7-2-3-13(8(7)5-9(10)14)11(19)16-12(20)17-13/h4-5H,2-3H2,1H3,(H,15,18)(H2,16,17,19,20). The maximum Gasteiger partial charge on any atom is 0.322 e. The van der Waals surface area contributed by atoms with Gasteiger partial charge in [-0.1, -0.05) is 0 Å². The van der Waals surface area contributed by atoms with E-state index in [1.165, 1.54) is 19.1 Å². The largest absolute Gasteiger partial charge is 0.324 e. The molecule has 6 nitrogen and oxygen atoms in total. The van der Waals surface area contributed by atoms with Crippen molar-refractivity contribution in [3.63, 3.8) is 0 Å². The Balaban J connectivity index is 2.07. The first-order chi connectivity index (χ1) is 9.42. The van der Waals surface area contributed by atoms with Gasteiger partial charge in [-0.3, -0.25) is 14.9 Å². The van der Waals surface area contributed by atoms with E-state index in [1.54, 1.807) is 0 Å². The number of rotatable bonds is 1. The van der Waals surface area contributed by atoms with E-state index in [9.17, 15) is 18.8 Å². The molecule has 7 heteroatoms. The minimum Gasteiger partial charge on any atom is -0.324 e. The fraction of sp³-hybridized carbons (Fsp3) is 0.308. The number of hydrogen-bond donors (Lipinski definition) is 3. The molecular weight excluding hydrogens is 265 g/mol. The summed E-state index contributed by atoms with van der Waals surface area (Å²) >= 11 is 0. The van der Waals surface area contributed by atoms with Crippen molar-refractivity contribution in [1.82, 2.24) is 10.6 Å². The van der Waals surface area contributed by atoms with E-state index < -0.39 is 23.3 Å². The van der Waals surface area contributed by atoms with Crippen LogP contribution in [0.15, 0.2) is 12.1 Å². The third kappa shape index (κ3) is 1.66. The van der Waals surface area contributed by atoms with Gasteiger partial charge in [0, 0.05) is 6.92 Å². The lowest BCUT2D eigenvalue weighted by atomic mass is 9.92. The van der Waals surface area contributed by atoms with Crippen molar-refractivity contribution in [2.75, 3.05) is 5.32 Å². The minimum absolute atomic E-state index is 0.0815. The van der Waals surface area contributed by atoms with E-state index in [-0.39, 0.29) is 11.6 Å². The molecular formula is C13H12FN3O3. The van der Waals surface area contributed by atoms with Crippen LogP contribution in [0.4, 0.5) is 14.9 Å². The molecule has 4 amide bonds. The Morgan fingerprint density at radius 1 is 1.40 bits per heavy atom. The Bertz CT molecular complexity index is 659. The Labute approximate surface area is 113 Å². The van der Waals surface area contributed by atoms with Gasteiger partial charge in [0.15, 0.2) is 0 Å². The maximum atomic E-state index is 14.0. The number of urea groups is 1. The van der Waals surface area contributed by atoms with Crippen LogP contribution in [0.1, 0.15) is 24.5 Å². The highest BCUT2D eigenvalue weighted by Gasteiger charge is 2.51. The maximum absolute atomic E-state index is 14.0. The molecule has 1 spiro atoms.